The highest BCUT2D eigenvalue weighted by molar-refractivity contribution is 5.92. The highest BCUT2D eigenvalue weighted by atomic mass is 16.5. The molecule has 0 unspecified atom stereocenters. The fraction of sp³-hybridized carbons (Fsp3) is 0.231. The average molecular weight is 201 g/mol. The third-order valence-electron chi connectivity index (χ3n) is 2.74. The van der Waals surface area contributed by atoms with Crippen molar-refractivity contribution >= 4 is 16.5 Å². The third-order valence-corrected chi connectivity index (χ3v) is 2.74. The Morgan fingerprint density at radius 1 is 1.07 bits per heavy atom. The van der Waals surface area contributed by atoms with Crippen molar-refractivity contribution in [2.24, 2.45) is 0 Å². The summed E-state index contributed by atoms with van der Waals surface area (Å²) in [5, 5.41) is 13.3. The third kappa shape index (κ3) is 1.74. The minimum atomic E-state index is 0.384. The minimum absolute atomic E-state index is 0.384. The maximum Gasteiger partial charge on any atom is 0.140 e. The van der Waals surface area contributed by atoms with Crippen molar-refractivity contribution < 1.29 is 5.48 Å². The van der Waals surface area contributed by atoms with E-state index in [2.05, 4.69) is 26.0 Å². The van der Waals surface area contributed by atoms with Crippen LogP contribution in [0.4, 0.5) is 5.69 Å². The Hall–Kier alpha value is -1.38. The lowest BCUT2D eigenvalue weighted by Crippen LogP contribution is -2.70. The molecular formula is C13H15NO. The van der Waals surface area contributed by atoms with Crippen LogP contribution in [0.3, 0.4) is 0 Å². The highest BCUT2D eigenvalue weighted by Gasteiger charge is 2.11. The Bertz CT molecular complexity index is 477. The van der Waals surface area contributed by atoms with E-state index in [1.165, 1.54) is 0 Å². The molecule has 2 nitrogen and oxygen atoms in total. The Balaban J connectivity index is 2.75. The van der Waals surface area contributed by atoms with Gasteiger partial charge < -0.3 is 10.7 Å². The predicted molar refractivity (Wildman–Crippen MR) is 63.0 cm³/mol. The molecule has 2 rings (SSSR count). The molecule has 0 spiro atoms. The molecule has 2 aromatic rings. The second kappa shape index (κ2) is 4.01. The summed E-state index contributed by atoms with van der Waals surface area (Å²) < 4.78 is 0. The van der Waals surface area contributed by atoms with Crippen molar-refractivity contribution in [1.29, 1.82) is 0 Å². The van der Waals surface area contributed by atoms with Gasteiger partial charge in [0.2, 0.25) is 0 Å². The lowest BCUT2D eigenvalue weighted by atomic mass is 9.97. The van der Waals surface area contributed by atoms with Gasteiger partial charge in [-0.3, -0.25) is 0 Å². The Morgan fingerprint density at radius 2 is 1.80 bits per heavy atom. The van der Waals surface area contributed by atoms with Gasteiger partial charge in [0.15, 0.2) is 0 Å². The first-order valence-corrected chi connectivity index (χ1v) is 5.21. The first kappa shape index (κ1) is 10.1. The second-order valence-electron chi connectivity index (χ2n) is 4.06. The molecule has 0 aliphatic carbocycles. The van der Waals surface area contributed by atoms with Gasteiger partial charge >= 0.3 is 0 Å². The van der Waals surface area contributed by atoms with Gasteiger partial charge in [0.1, 0.15) is 5.69 Å². The first-order chi connectivity index (χ1) is 7.24. The van der Waals surface area contributed by atoms with Crippen molar-refractivity contribution in [3.05, 3.63) is 47.2 Å². The summed E-state index contributed by atoms with van der Waals surface area (Å²) in [7, 11) is 0. The molecule has 0 saturated carbocycles. The molecule has 2 N–H and O–H groups in total. The molecule has 0 atom stereocenters. The molecule has 0 fully saturated rings. The van der Waals surface area contributed by atoms with E-state index in [0.717, 1.165) is 27.5 Å². The van der Waals surface area contributed by atoms with Gasteiger partial charge in [-0.2, -0.15) is 0 Å². The average Bonchev–Trinajstić information content (AvgIpc) is 2.27. The number of hydrogen-bond donors (Lipinski definition) is 1. The first-order valence-electron chi connectivity index (χ1n) is 5.21. The highest BCUT2D eigenvalue weighted by Crippen LogP contribution is 2.28. The van der Waals surface area contributed by atoms with Gasteiger partial charge in [-0.25, -0.2) is 0 Å². The van der Waals surface area contributed by atoms with Crippen molar-refractivity contribution in [1.82, 2.24) is 0 Å². The summed E-state index contributed by atoms with van der Waals surface area (Å²) in [6.07, 6.45) is 0. The lowest BCUT2D eigenvalue weighted by molar-refractivity contribution is -0.496. The van der Waals surface area contributed by atoms with Crippen LogP contribution in [0.25, 0.3) is 10.8 Å². The quantitative estimate of drug-likeness (QED) is 0.589. The van der Waals surface area contributed by atoms with Gasteiger partial charge in [0.05, 0.1) is 0 Å². The van der Waals surface area contributed by atoms with E-state index < -0.39 is 0 Å². The van der Waals surface area contributed by atoms with E-state index in [1.807, 2.05) is 24.3 Å². The van der Waals surface area contributed by atoms with E-state index in [-0.39, 0.29) is 0 Å². The zero-order valence-electron chi connectivity index (χ0n) is 9.03. The molecule has 0 radical (unpaired) electrons. The SMILES string of the molecule is CC(C)c1ccc2ccccc2c1[NH2+][O-]. The van der Waals surface area contributed by atoms with Crippen LogP contribution in [0.5, 0.6) is 0 Å². The van der Waals surface area contributed by atoms with Crippen molar-refractivity contribution in [3.8, 4) is 0 Å². The molecule has 0 heterocycles. The zero-order valence-corrected chi connectivity index (χ0v) is 9.03. The topological polar surface area (TPSA) is 39.7 Å². The lowest BCUT2D eigenvalue weighted by Gasteiger charge is -2.14. The van der Waals surface area contributed by atoms with Gasteiger partial charge in [0, 0.05) is 10.9 Å². The van der Waals surface area contributed by atoms with E-state index >= 15 is 0 Å². The second-order valence-corrected chi connectivity index (χ2v) is 4.06. The fourth-order valence-corrected chi connectivity index (χ4v) is 1.95. The zero-order chi connectivity index (χ0) is 10.8. The number of benzene rings is 2. The van der Waals surface area contributed by atoms with Gasteiger partial charge in [-0.1, -0.05) is 44.2 Å². The summed E-state index contributed by atoms with van der Waals surface area (Å²) in [6, 6.07) is 12.1. The van der Waals surface area contributed by atoms with Crippen LogP contribution in [-0.4, -0.2) is 0 Å². The molecule has 2 heteroatoms. The summed E-state index contributed by atoms with van der Waals surface area (Å²) in [5.41, 5.74) is 2.93. The maximum atomic E-state index is 11.1. The molecule has 0 amide bonds. The van der Waals surface area contributed by atoms with Crippen LogP contribution < -0.4 is 5.48 Å². The Morgan fingerprint density at radius 3 is 2.47 bits per heavy atom. The van der Waals surface area contributed by atoms with Crippen LogP contribution in [0, 0.1) is 5.21 Å². The van der Waals surface area contributed by atoms with Crippen molar-refractivity contribution in [2.75, 3.05) is 0 Å². The summed E-state index contributed by atoms with van der Waals surface area (Å²) >= 11 is 0. The number of quaternary nitrogens is 1. The van der Waals surface area contributed by atoms with Gasteiger partial charge in [-0.15, -0.1) is 0 Å². The Labute approximate surface area is 89.5 Å². The number of nitrogens with two attached hydrogens (primary N) is 1. The van der Waals surface area contributed by atoms with Crippen molar-refractivity contribution in [2.45, 2.75) is 19.8 Å². The van der Waals surface area contributed by atoms with Crippen LogP contribution in [0.15, 0.2) is 36.4 Å². The number of hydrogen-bond acceptors (Lipinski definition) is 1. The van der Waals surface area contributed by atoms with Crippen LogP contribution in [-0.2, 0) is 0 Å². The van der Waals surface area contributed by atoms with E-state index in [1.54, 1.807) is 0 Å². The van der Waals surface area contributed by atoms with Crippen LogP contribution >= 0.6 is 0 Å². The van der Waals surface area contributed by atoms with Gasteiger partial charge in [0.25, 0.3) is 0 Å². The van der Waals surface area contributed by atoms with E-state index in [0.29, 0.717) is 5.92 Å². The Kier molecular flexibility index (Phi) is 2.71. The smallest absolute Gasteiger partial charge is 0.140 e. The molecule has 2 aromatic carbocycles. The van der Waals surface area contributed by atoms with Crippen LogP contribution in [0.1, 0.15) is 25.3 Å². The molecule has 0 aliphatic heterocycles. The molecule has 0 aromatic heterocycles. The molecule has 15 heavy (non-hydrogen) atoms. The van der Waals surface area contributed by atoms with E-state index in [9.17, 15) is 5.21 Å². The monoisotopic (exact) mass is 201 g/mol. The summed E-state index contributed by atoms with van der Waals surface area (Å²) in [5.74, 6) is 0.384. The van der Waals surface area contributed by atoms with Gasteiger partial charge in [-0.05, 0) is 17.4 Å². The number of rotatable bonds is 2. The van der Waals surface area contributed by atoms with Crippen LogP contribution in [0.2, 0.25) is 0 Å². The van der Waals surface area contributed by atoms with Crippen molar-refractivity contribution in [3.63, 3.8) is 0 Å². The number of fused-ring (bicyclic) bond motifs is 1. The molecule has 0 aliphatic rings. The molecule has 0 saturated heterocycles. The summed E-state index contributed by atoms with van der Waals surface area (Å²) in [4.78, 5) is 0. The fourth-order valence-electron chi connectivity index (χ4n) is 1.95. The van der Waals surface area contributed by atoms with E-state index in [4.69, 9.17) is 0 Å². The standard InChI is InChI=1S/C13H15NO/c1-9(2)11-8-7-10-5-3-4-6-12(10)13(11)14-15/h3-9H,14H2,1-2H3. The normalized spacial score (nSPS) is 11.2. The largest absolute Gasteiger partial charge is 0.630 e. The molecule has 0 bridgehead atoms. The molecular weight excluding hydrogens is 186 g/mol. The predicted octanol–water partition coefficient (Wildman–Crippen LogP) is 2.66. The maximum absolute atomic E-state index is 11.1. The summed E-state index contributed by atoms with van der Waals surface area (Å²) in [6.45, 7) is 4.22. The molecule has 78 valence electrons. The minimum Gasteiger partial charge on any atom is -0.630 e.